The van der Waals surface area contributed by atoms with Gasteiger partial charge in [0.05, 0.1) is 40.9 Å². The molecule has 33 heavy (non-hydrogen) atoms. The first-order valence-corrected chi connectivity index (χ1v) is 10.00. The Kier molecular flexibility index (Phi) is 7.15. The number of nitrogens with zero attached hydrogens (tertiary/aromatic N) is 3. The van der Waals surface area contributed by atoms with Gasteiger partial charge < -0.3 is 21.7 Å². The maximum Gasteiger partial charge on any atom is 0.255 e. The van der Waals surface area contributed by atoms with Crippen molar-refractivity contribution >= 4 is 29.4 Å². The molecular weight excluding hydrogens is 425 g/mol. The Balaban J connectivity index is 1.61. The number of benzene rings is 1. The van der Waals surface area contributed by atoms with Crippen LogP contribution >= 0.6 is 0 Å². The molecule has 0 atom stereocenters. The molecular formula is C23H22FN7O2. The number of nitrogens with two attached hydrogens (primary N) is 1. The van der Waals surface area contributed by atoms with Crippen LogP contribution in [0.4, 0.5) is 15.8 Å². The Hall–Kier alpha value is -4.52. The van der Waals surface area contributed by atoms with Gasteiger partial charge in [0.15, 0.2) is 0 Å². The SMILES string of the molecule is C=CN=C/C(=C\N)C(=O)NC1(C(=O)NCc2ncc(Nc3ccccc3C#N)cc2F)CC1. The van der Waals surface area contributed by atoms with E-state index in [1.165, 1.54) is 24.7 Å². The number of pyridine rings is 1. The first-order chi connectivity index (χ1) is 15.9. The number of rotatable bonds is 9. The van der Waals surface area contributed by atoms with Gasteiger partial charge in [-0.3, -0.25) is 19.6 Å². The lowest BCUT2D eigenvalue weighted by Crippen LogP contribution is -2.49. The van der Waals surface area contributed by atoms with Crippen LogP contribution in [0.25, 0.3) is 0 Å². The van der Waals surface area contributed by atoms with Crippen LogP contribution in [0.2, 0.25) is 0 Å². The number of carbonyl (C=O) groups excluding carboxylic acids is 2. The normalized spacial score (nSPS) is 14.2. The molecule has 1 fully saturated rings. The van der Waals surface area contributed by atoms with Gasteiger partial charge in [-0.05, 0) is 25.0 Å². The average Bonchev–Trinajstić information content (AvgIpc) is 3.60. The molecule has 1 aliphatic rings. The van der Waals surface area contributed by atoms with E-state index in [0.29, 0.717) is 29.8 Å². The van der Waals surface area contributed by atoms with E-state index in [1.807, 2.05) is 0 Å². The van der Waals surface area contributed by atoms with Gasteiger partial charge in [-0.2, -0.15) is 5.26 Å². The van der Waals surface area contributed by atoms with E-state index in [1.54, 1.807) is 24.3 Å². The van der Waals surface area contributed by atoms with Crippen LogP contribution in [0.3, 0.4) is 0 Å². The standard InChI is InChI=1S/C23H22FN7O2/c1-2-27-12-16(11-26)21(32)31-23(7-8-23)22(33)29-14-20-18(24)9-17(13-28-20)30-19-6-4-3-5-15(19)10-25/h2-6,9,11-13,30H,1,7-8,14,26H2,(H,29,33)(H,31,32)/b16-11+,27-12?. The Morgan fingerprint density at radius 3 is 2.76 bits per heavy atom. The first-order valence-electron chi connectivity index (χ1n) is 10.00. The molecule has 1 aliphatic carbocycles. The fraction of sp³-hybridized carbons (Fsp3) is 0.174. The zero-order chi connectivity index (χ0) is 23.8. The molecule has 0 bridgehead atoms. The van der Waals surface area contributed by atoms with E-state index in [9.17, 15) is 14.0 Å². The quantitative estimate of drug-likeness (QED) is 0.342. The molecule has 0 unspecified atom stereocenters. The van der Waals surface area contributed by atoms with Crippen molar-refractivity contribution in [1.82, 2.24) is 15.6 Å². The predicted octanol–water partition coefficient (Wildman–Crippen LogP) is 2.16. The van der Waals surface area contributed by atoms with E-state index in [4.69, 9.17) is 11.0 Å². The molecule has 1 heterocycles. The van der Waals surface area contributed by atoms with E-state index >= 15 is 0 Å². The monoisotopic (exact) mass is 447 g/mol. The molecule has 168 valence electrons. The minimum Gasteiger partial charge on any atom is -0.404 e. The van der Waals surface area contributed by atoms with E-state index in [2.05, 4.69) is 38.6 Å². The summed E-state index contributed by atoms with van der Waals surface area (Å²) in [5.41, 5.74) is 5.78. The van der Waals surface area contributed by atoms with Crippen molar-refractivity contribution in [3.8, 4) is 6.07 Å². The number of nitriles is 1. The number of hydrogen-bond donors (Lipinski definition) is 4. The van der Waals surface area contributed by atoms with Crippen LogP contribution < -0.4 is 21.7 Å². The van der Waals surface area contributed by atoms with Crippen LogP contribution in [0.1, 0.15) is 24.1 Å². The van der Waals surface area contributed by atoms with Gasteiger partial charge in [0.25, 0.3) is 5.91 Å². The predicted molar refractivity (Wildman–Crippen MR) is 122 cm³/mol. The van der Waals surface area contributed by atoms with Gasteiger partial charge in [-0.25, -0.2) is 4.39 Å². The molecule has 0 spiro atoms. The van der Waals surface area contributed by atoms with Crippen LogP contribution in [0.5, 0.6) is 0 Å². The number of anilines is 2. The molecule has 0 radical (unpaired) electrons. The highest BCUT2D eigenvalue weighted by Gasteiger charge is 2.51. The van der Waals surface area contributed by atoms with Crippen molar-refractivity contribution in [2.24, 2.45) is 10.7 Å². The summed E-state index contributed by atoms with van der Waals surface area (Å²) in [6, 6.07) is 10.1. The van der Waals surface area contributed by atoms with Crippen LogP contribution in [-0.2, 0) is 16.1 Å². The lowest BCUT2D eigenvalue weighted by Gasteiger charge is -2.17. The van der Waals surface area contributed by atoms with Crippen molar-refractivity contribution < 1.29 is 14.0 Å². The van der Waals surface area contributed by atoms with Gasteiger partial charge in [0, 0.05) is 24.7 Å². The Bertz CT molecular complexity index is 1180. The van der Waals surface area contributed by atoms with Crippen molar-refractivity contribution in [3.63, 3.8) is 0 Å². The maximum absolute atomic E-state index is 14.5. The Morgan fingerprint density at radius 1 is 1.36 bits per heavy atom. The van der Waals surface area contributed by atoms with E-state index in [-0.39, 0.29) is 17.8 Å². The van der Waals surface area contributed by atoms with Crippen LogP contribution in [0, 0.1) is 17.1 Å². The number of carbonyl (C=O) groups is 2. The second-order valence-electron chi connectivity index (χ2n) is 7.24. The number of aliphatic imine (C=N–C) groups is 1. The van der Waals surface area contributed by atoms with Crippen molar-refractivity contribution in [1.29, 1.82) is 5.26 Å². The number of nitrogens with one attached hydrogen (secondary N) is 3. The summed E-state index contributed by atoms with van der Waals surface area (Å²) in [7, 11) is 0. The number of aromatic nitrogens is 1. The Morgan fingerprint density at radius 2 is 2.12 bits per heavy atom. The Labute approximate surface area is 189 Å². The summed E-state index contributed by atoms with van der Waals surface area (Å²) in [5, 5.41) is 17.4. The summed E-state index contributed by atoms with van der Waals surface area (Å²) < 4.78 is 14.5. The largest absolute Gasteiger partial charge is 0.404 e. The molecule has 10 heteroatoms. The smallest absolute Gasteiger partial charge is 0.255 e. The highest BCUT2D eigenvalue weighted by molar-refractivity contribution is 6.13. The van der Waals surface area contributed by atoms with Crippen molar-refractivity contribution in [2.45, 2.75) is 24.9 Å². The second kappa shape index (κ2) is 10.2. The summed E-state index contributed by atoms with van der Waals surface area (Å²) in [6.45, 7) is 3.26. The third kappa shape index (κ3) is 5.59. The minimum absolute atomic E-state index is 0.0326. The number of halogens is 1. The molecule has 5 N–H and O–H groups in total. The fourth-order valence-electron chi connectivity index (χ4n) is 2.98. The van der Waals surface area contributed by atoms with Crippen molar-refractivity contribution in [3.05, 3.63) is 78.2 Å². The highest BCUT2D eigenvalue weighted by atomic mass is 19.1. The van der Waals surface area contributed by atoms with Gasteiger partial charge >= 0.3 is 0 Å². The van der Waals surface area contributed by atoms with Gasteiger partial charge in [-0.1, -0.05) is 18.7 Å². The molecule has 9 nitrogen and oxygen atoms in total. The lowest BCUT2D eigenvalue weighted by atomic mass is 10.2. The summed E-state index contributed by atoms with van der Waals surface area (Å²) >= 11 is 0. The van der Waals surface area contributed by atoms with Crippen LogP contribution in [-0.4, -0.2) is 28.6 Å². The lowest BCUT2D eigenvalue weighted by molar-refractivity contribution is -0.128. The topological polar surface area (TPSA) is 145 Å². The fourth-order valence-corrected chi connectivity index (χ4v) is 2.98. The number of amides is 2. The maximum atomic E-state index is 14.5. The summed E-state index contributed by atoms with van der Waals surface area (Å²) in [5.74, 6) is -1.62. The molecule has 1 saturated carbocycles. The molecule has 3 rings (SSSR count). The third-order valence-electron chi connectivity index (χ3n) is 4.96. The average molecular weight is 447 g/mol. The molecule has 2 amide bonds. The summed E-state index contributed by atoms with van der Waals surface area (Å²) in [4.78, 5) is 32.8. The van der Waals surface area contributed by atoms with Crippen molar-refractivity contribution in [2.75, 3.05) is 5.32 Å². The van der Waals surface area contributed by atoms with E-state index < -0.39 is 23.2 Å². The first kappa shape index (κ1) is 23.1. The van der Waals surface area contributed by atoms with Gasteiger partial charge in [0.2, 0.25) is 5.91 Å². The number of para-hydroxylation sites is 1. The summed E-state index contributed by atoms with van der Waals surface area (Å²) in [6.07, 6.45) is 5.86. The zero-order valence-electron chi connectivity index (χ0n) is 17.6. The minimum atomic E-state index is -1.08. The zero-order valence-corrected chi connectivity index (χ0v) is 17.6. The van der Waals surface area contributed by atoms with Gasteiger partial charge in [0.1, 0.15) is 17.4 Å². The van der Waals surface area contributed by atoms with Crippen LogP contribution in [0.15, 0.2) is 66.1 Å². The highest BCUT2D eigenvalue weighted by Crippen LogP contribution is 2.36. The molecule has 1 aromatic heterocycles. The molecule has 2 aromatic rings. The molecule has 0 saturated heterocycles. The second-order valence-corrected chi connectivity index (χ2v) is 7.24. The molecule has 1 aromatic carbocycles. The van der Waals surface area contributed by atoms with Gasteiger partial charge in [-0.15, -0.1) is 0 Å². The number of hydrogen-bond acceptors (Lipinski definition) is 7. The molecule has 0 aliphatic heterocycles. The van der Waals surface area contributed by atoms with E-state index in [0.717, 1.165) is 6.20 Å². The third-order valence-corrected chi connectivity index (χ3v) is 4.96.